The first kappa shape index (κ1) is 90.8. The number of aliphatic hydroxyl groups is 1. The van der Waals surface area contributed by atoms with Gasteiger partial charge in [0.2, 0.25) is 21.1 Å². The third-order valence-electron chi connectivity index (χ3n) is 13.9. The Morgan fingerprint density at radius 1 is 0.524 bits per heavy atom. The van der Waals surface area contributed by atoms with Gasteiger partial charge in [-0.15, -0.1) is 24.0 Å². The molecule has 3 N–H and O–H groups in total. The van der Waals surface area contributed by atoms with Crippen LogP contribution in [0.5, 0.6) is 0 Å². The largest absolute Gasteiger partial charge is 0.744 e. The van der Waals surface area contributed by atoms with Gasteiger partial charge in [-0.3, -0.25) is 29.9 Å². The maximum atomic E-state index is 11.9. The lowest BCUT2D eigenvalue weighted by Gasteiger charge is -2.12. The second-order valence-corrected chi connectivity index (χ2v) is 26.0. The van der Waals surface area contributed by atoms with Crippen LogP contribution in [0.1, 0.15) is 128 Å². The highest BCUT2D eigenvalue weighted by Crippen LogP contribution is 2.23. The van der Waals surface area contributed by atoms with E-state index in [1.165, 1.54) is 46.1 Å². The molecule has 10 heterocycles. The quantitative estimate of drug-likeness (QED) is 0.0183. The molecule has 564 valence electrons. The average molecular weight is 1570 g/mol. The Morgan fingerprint density at radius 2 is 0.924 bits per heavy atom. The monoisotopic (exact) mass is 1570 g/mol. The summed E-state index contributed by atoms with van der Waals surface area (Å²) in [7, 11) is 9.19. The topological polar surface area (TPSA) is 415 Å². The lowest BCUT2D eigenvalue weighted by molar-refractivity contribution is -0.646. The zero-order valence-corrected chi connectivity index (χ0v) is 65.9. The van der Waals surface area contributed by atoms with E-state index in [4.69, 9.17) is 31.5 Å². The number of nitrogens with two attached hydrogens (primary N) is 1. The van der Waals surface area contributed by atoms with Crippen LogP contribution in [0.15, 0.2) is 84.8 Å². The molecule has 11 aromatic rings. The maximum Gasteiger partial charge on any atom is 0.384 e. The third kappa shape index (κ3) is 27.4. The smallest absolute Gasteiger partial charge is 0.384 e. The Morgan fingerprint density at radius 3 is 1.30 bits per heavy atom. The van der Waals surface area contributed by atoms with E-state index in [1.807, 2.05) is 111 Å². The van der Waals surface area contributed by atoms with Crippen LogP contribution < -0.4 is 10.5 Å². The molecule has 10 aromatic heterocycles. The fourth-order valence-corrected chi connectivity index (χ4v) is 9.32. The van der Waals surface area contributed by atoms with Crippen molar-refractivity contribution in [3.63, 3.8) is 0 Å². The van der Waals surface area contributed by atoms with Crippen LogP contribution in [0.4, 0.5) is 0 Å². The number of carbonyl (C=O) groups is 5. The number of aromatic nitrogens is 16. The van der Waals surface area contributed by atoms with Crippen molar-refractivity contribution in [2.75, 3.05) is 41.4 Å². The molecule has 0 aliphatic carbocycles. The molecule has 0 fully saturated rings. The van der Waals surface area contributed by atoms with Gasteiger partial charge in [0.05, 0.1) is 144 Å². The summed E-state index contributed by atoms with van der Waals surface area (Å²) < 4.78 is 72.0. The van der Waals surface area contributed by atoms with E-state index in [0.29, 0.717) is 39.7 Å². The highest BCUT2D eigenvalue weighted by atomic mass is 36.0. The van der Waals surface area contributed by atoms with Crippen LogP contribution in [0, 0.1) is 116 Å². The minimum Gasteiger partial charge on any atom is -0.744 e. The Bertz CT molecular complexity index is 4810. The molecule has 0 atom stereocenters. The van der Waals surface area contributed by atoms with Crippen molar-refractivity contribution in [1.82, 2.24) is 73.3 Å². The number of hydrogen-bond donors (Lipinski definition) is 2. The summed E-state index contributed by atoms with van der Waals surface area (Å²) in [5.41, 5.74) is 18.2. The number of aliphatic hydroxyl groups excluding tert-OH is 1. The van der Waals surface area contributed by atoms with Crippen LogP contribution >= 0.6 is 45.4 Å². The Balaban J connectivity index is 0.000000409. The van der Waals surface area contributed by atoms with Crippen LogP contribution in [0.3, 0.4) is 0 Å². The summed E-state index contributed by atoms with van der Waals surface area (Å²) in [6.45, 7) is 28.0. The molecule has 32 nitrogen and oxygen atoms in total. The van der Waals surface area contributed by atoms with Crippen LogP contribution in [-0.4, -0.2) is 161 Å². The first-order valence-corrected chi connectivity index (χ1v) is 35.1. The van der Waals surface area contributed by atoms with Crippen LogP contribution in [-0.2, 0) is 65.1 Å². The predicted octanol–water partition coefficient (Wildman–Crippen LogP) is 8.08. The van der Waals surface area contributed by atoms with Gasteiger partial charge in [-0.05, 0) is 132 Å². The van der Waals surface area contributed by atoms with E-state index in [1.54, 1.807) is 96.9 Å². The van der Waals surface area contributed by atoms with Crippen LogP contribution in [0.2, 0.25) is 0 Å². The SMILES string of the molecule is COC(=O)C#CC(=O)OC.COC(=O)c1cc2c(C)ncc(C)n2n1.COC(=O)c1nn2c(C)cnc(C)c2c1C(=O)OC.Cc1c[n+](N)c(C)cn1.Cc1cc(C)c(S(=O)(=O)[O-])cc1C.Cc1cnc(C)cn1.Cc1ncc(C)n2nc(CCl)cc12.Cc1ncc(C)n2nc(CO)cc12.Cl.O=S(Cl)Cl. The van der Waals surface area contributed by atoms with Gasteiger partial charge < -0.3 is 33.3 Å². The summed E-state index contributed by atoms with van der Waals surface area (Å²) in [4.78, 5) is 84.1. The number of carbonyl (C=O) groups excluding carboxylic acids is 5. The van der Waals surface area contributed by atoms with E-state index in [2.05, 4.69) is 95.6 Å². The number of esters is 5. The molecule has 38 heteroatoms. The zero-order chi connectivity index (χ0) is 78.6. The van der Waals surface area contributed by atoms with Crippen molar-refractivity contribution in [3.8, 4) is 11.8 Å². The molecular weight excluding hydrogens is 1490 g/mol. The Hall–Kier alpha value is -10.3. The summed E-state index contributed by atoms with van der Waals surface area (Å²) in [6, 6.07) is 8.64. The molecule has 105 heavy (non-hydrogen) atoms. The number of nitrogens with zero attached hydrogens (tertiary/aromatic N) is 16. The number of fused-ring (bicyclic) bond motifs is 4. The fraction of sp³-hybridized carbons (Fsp3) is 0.328. The number of halogens is 4. The van der Waals surface area contributed by atoms with Gasteiger partial charge in [-0.2, -0.15) is 20.4 Å². The average Bonchev–Trinajstić information content (AvgIpc) is 1.62. The van der Waals surface area contributed by atoms with E-state index in [0.717, 1.165) is 90.3 Å². The second-order valence-electron chi connectivity index (χ2n) is 21.8. The van der Waals surface area contributed by atoms with Crippen molar-refractivity contribution < 1.29 is 74.6 Å². The summed E-state index contributed by atoms with van der Waals surface area (Å²) >= 11 is 5.71. The Kier molecular flexibility index (Phi) is 37.3. The van der Waals surface area contributed by atoms with Crippen molar-refractivity contribution in [1.29, 1.82) is 0 Å². The van der Waals surface area contributed by atoms with Gasteiger partial charge in [-0.1, -0.05) is 10.7 Å². The number of rotatable bonds is 6. The summed E-state index contributed by atoms with van der Waals surface area (Å²) in [5, 5.41) is 25.7. The van der Waals surface area contributed by atoms with E-state index in [-0.39, 0.29) is 35.2 Å². The first-order chi connectivity index (χ1) is 48.8. The van der Waals surface area contributed by atoms with Crippen molar-refractivity contribution >= 4 is 117 Å². The molecule has 0 aliphatic rings. The lowest BCUT2D eigenvalue weighted by Crippen LogP contribution is -2.47. The Labute approximate surface area is 628 Å². The highest BCUT2D eigenvalue weighted by Gasteiger charge is 2.28. The molecule has 0 radical (unpaired) electrons. The van der Waals surface area contributed by atoms with Crippen LogP contribution in [0.25, 0.3) is 22.1 Å². The van der Waals surface area contributed by atoms with E-state index in [9.17, 15) is 36.9 Å². The van der Waals surface area contributed by atoms with Gasteiger partial charge in [0, 0.05) is 83.4 Å². The summed E-state index contributed by atoms with van der Waals surface area (Å²) in [6.07, 6.45) is 14.0. The number of aryl methyl sites for hydroxylation is 15. The number of hydrogen-bond acceptors (Lipinski definition) is 27. The van der Waals surface area contributed by atoms with Crippen molar-refractivity contribution in [2.45, 2.75) is 121 Å². The van der Waals surface area contributed by atoms with Gasteiger partial charge in [-0.25, -0.2) is 65.5 Å². The van der Waals surface area contributed by atoms with Gasteiger partial charge >= 0.3 is 29.8 Å². The number of ether oxygens (including phenoxy) is 5. The molecule has 0 saturated carbocycles. The maximum absolute atomic E-state index is 11.9. The minimum absolute atomic E-state index is 0. The molecule has 0 saturated heterocycles. The predicted molar refractivity (Wildman–Crippen MR) is 392 cm³/mol. The number of alkyl halides is 1. The molecule has 0 bridgehead atoms. The fourth-order valence-electron chi connectivity index (χ4n) is 8.41. The molecule has 1 aromatic carbocycles. The normalized spacial score (nSPS) is 10.1. The minimum atomic E-state index is -4.32. The van der Waals surface area contributed by atoms with Gasteiger partial charge in [0.25, 0.3) is 0 Å². The van der Waals surface area contributed by atoms with Gasteiger partial charge in [0.15, 0.2) is 11.4 Å². The lowest BCUT2D eigenvalue weighted by atomic mass is 10.1. The second kappa shape index (κ2) is 43.1. The molecule has 11 rings (SSSR count). The summed E-state index contributed by atoms with van der Waals surface area (Å²) in [5.74, 6) is 6.45. The standard InChI is InChI=1S/C12H13N3O4.C10H11N3O2.C9H10ClN3.C9H11N3O.C9H12O3S.C6H10N3.C6H8N2.C6H6O4.Cl2OS.ClH/c1-6-5-13-7(2)10-8(11(16)18-3)9(12(17)19-4)14-15(6)10;1-6-5-11-7(2)9-4-8(10(14)15-3)12-13(6)9;1-6-5-11-7(2)9-3-8(4-10)12-13(6)9;1-6-4-10-7(2)9-3-8(5-13)11-12(6)9;1-6-4-8(3)9(5-7(6)2)13(10,11)12;1-5-4-9(7)6(2)3-8-5;1-5-3-8-6(2)4-7-5;1-9-5(7)3-4-6(8)10-2;1-4(2)3;/h5H,1-4H3;4-5H,1-3H3;3,5H,4H2,1-2H3;3-4,13H,5H2,1-2H3;4-5H,1-3H3,(H,10,11,12);3-4H,1-2H3,(H2,7,8);3-4H,1-2H3;1-2H3;;1H/q;;;;;+1;;;;/p-1. The van der Waals surface area contributed by atoms with Crippen molar-refractivity contribution in [2.24, 2.45) is 0 Å². The molecule has 0 unspecified atom stereocenters. The highest BCUT2D eigenvalue weighted by molar-refractivity contribution is 8.26. The molecule has 0 spiro atoms. The van der Waals surface area contributed by atoms with Gasteiger partial charge in [0.1, 0.15) is 26.9 Å². The van der Waals surface area contributed by atoms with E-state index < -0.39 is 49.2 Å². The van der Waals surface area contributed by atoms with Crippen molar-refractivity contribution in [3.05, 3.63) is 193 Å². The third-order valence-corrected chi connectivity index (χ3v) is 15.2. The molecule has 0 amide bonds. The molecule has 0 aliphatic heterocycles. The van der Waals surface area contributed by atoms with E-state index >= 15 is 0 Å². The molecular formula is C67H81Cl4N17O15S2. The number of nitrogen functional groups attached to an aromatic ring is 1. The number of benzene rings is 1. The number of methoxy groups -OCH3 is 5. The zero-order valence-electron chi connectivity index (χ0n) is 61.2. The first-order valence-electron chi connectivity index (χ1n) is 30.3.